The molecule has 1 aromatic rings. The maximum absolute atomic E-state index is 12.5. The number of rotatable bonds is 5. The molecule has 20 heavy (non-hydrogen) atoms. The Balaban J connectivity index is 2.04. The third-order valence-electron chi connectivity index (χ3n) is 3.94. The second-order valence-corrected chi connectivity index (χ2v) is 5.88. The molecule has 1 atom stereocenters. The predicted molar refractivity (Wildman–Crippen MR) is 84.3 cm³/mol. The van der Waals surface area contributed by atoms with Gasteiger partial charge in [-0.3, -0.25) is 9.69 Å². The van der Waals surface area contributed by atoms with Gasteiger partial charge in [0.2, 0.25) is 5.91 Å². The van der Waals surface area contributed by atoms with Crippen LogP contribution in [0.1, 0.15) is 38.2 Å². The molecule has 0 aromatic heterocycles. The van der Waals surface area contributed by atoms with Gasteiger partial charge in [0, 0.05) is 0 Å². The molecule has 1 aromatic carbocycles. The van der Waals surface area contributed by atoms with E-state index in [1.807, 2.05) is 25.1 Å². The van der Waals surface area contributed by atoms with Crippen LogP contribution in [0.25, 0.3) is 0 Å². The fourth-order valence-corrected chi connectivity index (χ4v) is 3.02. The van der Waals surface area contributed by atoms with Gasteiger partial charge in [-0.25, -0.2) is 0 Å². The molecule has 1 fully saturated rings. The van der Waals surface area contributed by atoms with Crippen LogP contribution in [0.2, 0.25) is 5.02 Å². The molecule has 0 spiro atoms. The van der Waals surface area contributed by atoms with E-state index in [2.05, 4.69) is 17.1 Å². The smallest absolute Gasteiger partial charge is 0.241 e. The van der Waals surface area contributed by atoms with Crippen molar-refractivity contribution in [2.24, 2.45) is 0 Å². The molecule has 0 bridgehead atoms. The molecule has 4 heteroatoms. The number of hydrogen-bond acceptors (Lipinski definition) is 2. The number of nitrogens with one attached hydrogen (secondary N) is 1. The lowest BCUT2D eigenvalue weighted by atomic mass is 10.1. The third kappa shape index (κ3) is 3.53. The van der Waals surface area contributed by atoms with Crippen molar-refractivity contribution in [2.75, 3.05) is 18.4 Å². The fraction of sp³-hybridized carbons (Fsp3) is 0.562. The molecule has 1 heterocycles. The maximum atomic E-state index is 12.5. The first-order chi connectivity index (χ1) is 9.63. The summed E-state index contributed by atoms with van der Waals surface area (Å²) in [5.41, 5.74) is 1.76. The molecule has 0 radical (unpaired) electrons. The average molecular weight is 295 g/mol. The summed E-state index contributed by atoms with van der Waals surface area (Å²) in [7, 11) is 0. The quantitative estimate of drug-likeness (QED) is 0.894. The largest absolute Gasteiger partial charge is 0.323 e. The van der Waals surface area contributed by atoms with Gasteiger partial charge >= 0.3 is 0 Å². The number of benzene rings is 1. The van der Waals surface area contributed by atoms with Crippen molar-refractivity contribution >= 4 is 23.2 Å². The molecule has 1 aliphatic rings. The first-order valence-electron chi connectivity index (χ1n) is 7.43. The number of halogens is 1. The second kappa shape index (κ2) is 7.09. The Morgan fingerprint density at radius 1 is 1.50 bits per heavy atom. The molecule has 0 unspecified atom stereocenters. The Bertz CT molecular complexity index is 455. The molecule has 1 amide bonds. The first-order valence-corrected chi connectivity index (χ1v) is 7.81. The Morgan fingerprint density at radius 2 is 2.30 bits per heavy atom. The van der Waals surface area contributed by atoms with Crippen molar-refractivity contribution in [1.29, 1.82) is 0 Å². The number of hydrogen-bond donors (Lipinski definition) is 1. The van der Waals surface area contributed by atoms with Crippen molar-refractivity contribution < 1.29 is 4.79 Å². The van der Waals surface area contributed by atoms with Gasteiger partial charge in [0.05, 0.1) is 16.8 Å². The average Bonchev–Trinajstić information content (AvgIpc) is 2.89. The molecule has 1 saturated heterocycles. The minimum Gasteiger partial charge on any atom is -0.323 e. The minimum atomic E-state index is -0.00257. The van der Waals surface area contributed by atoms with E-state index in [-0.39, 0.29) is 11.9 Å². The SMILES string of the molecule is CCCCN1CCC[C@H]1C(=O)Nc1c(C)cccc1Cl. The molecular weight excluding hydrogens is 272 g/mol. The van der Waals surface area contributed by atoms with E-state index in [1.165, 1.54) is 0 Å². The highest BCUT2D eigenvalue weighted by molar-refractivity contribution is 6.34. The van der Waals surface area contributed by atoms with Crippen LogP contribution in [0.4, 0.5) is 5.69 Å². The Hall–Kier alpha value is -1.06. The number of amides is 1. The lowest BCUT2D eigenvalue weighted by molar-refractivity contribution is -0.120. The summed E-state index contributed by atoms with van der Waals surface area (Å²) in [6.07, 6.45) is 4.35. The van der Waals surface area contributed by atoms with Crippen LogP contribution in [-0.4, -0.2) is 29.9 Å². The Morgan fingerprint density at radius 3 is 3.00 bits per heavy atom. The molecule has 2 rings (SSSR count). The van der Waals surface area contributed by atoms with Crippen molar-refractivity contribution in [3.8, 4) is 0 Å². The number of likely N-dealkylation sites (tertiary alicyclic amines) is 1. The zero-order valence-electron chi connectivity index (χ0n) is 12.3. The minimum absolute atomic E-state index is 0.00257. The molecular formula is C16H23ClN2O. The van der Waals surface area contributed by atoms with E-state index < -0.39 is 0 Å². The van der Waals surface area contributed by atoms with Crippen LogP contribution in [0.15, 0.2) is 18.2 Å². The van der Waals surface area contributed by atoms with Crippen LogP contribution in [0.3, 0.4) is 0 Å². The number of carbonyl (C=O) groups excluding carboxylic acids is 1. The van der Waals surface area contributed by atoms with Gasteiger partial charge < -0.3 is 5.32 Å². The van der Waals surface area contributed by atoms with E-state index in [0.29, 0.717) is 5.02 Å². The standard InChI is InChI=1S/C16H23ClN2O/c1-3-4-10-19-11-6-9-14(19)16(20)18-15-12(2)7-5-8-13(15)17/h5,7-8,14H,3-4,6,9-11H2,1-2H3,(H,18,20)/t14-/m0/s1. The lowest BCUT2D eigenvalue weighted by Gasteiger charge is -2.24. The van der Waals surface area contributed by atoms with E-state index in [1.54, 1.807) is 0 Å². The van der Waals surface area contributed by atoms with Gasteiger partial charge in [-0.2, -0.15) is 0 Å². The van der Waals surface area contributed by atoms with Crippen molar-refractivity contribution in [3.63, 3.8) is 0 Å². The molecule has 0 aliphatic carbocycles. The van der Waals surface area contributed by atoms with E-state index in [9.17, 15) is 4.79 Å². The van der Waals surface area contributed by atoms with E-state index in [0.717, 1.165) is 50.0 Å². The van der Waals surface area contributed by atoms with Gasteiger partial charge in [0.25, 0.3) is 0 Å². The Kier molecular flexibility index (Phi) is 5.44. The van der Waals surface area contributed by atoms with Crippen molar-refractivity contribution in [1.82, 2.24) is 4.90 Å². The zero-order chi connectivity index (χ0) is 14.5. The number of nitrogens with zero attached hydrogens (tertiary/aromatic N) is 1. The molecule has 1 aliphatic heterocycles. The van der Waals surface area contributed by atoms with Crippen LogP contribution in [-0.2, 0) is 4.79 Å². The normalized spacial score (nSPS) is 19.2. The summed E-state index contributed by atoms with van der Waals surface area (Å²) in [5, 5.41) is 3.62. The monoisotopic (exact) mass is 294 g/mol. The predicted octanol–water partition coefficient (Wildman–Crippen LogP) is 3.85. The van der Waals surface area contributed by atoms with Gasteiger partial charge in [0.1, 0.15) is 0 Å². The van der Waals surface area contributed by atoms with Crippen LogP contribution in [0.5, 0.6) is 0 Å². The van der Waals surface area contributed by atoms with Crippen molar-refractivity contribution in [3.05, 3.63) is 28.8 Å². The van der Waals surface area contributed by atoms with Gasteiger partial charge in [0.15, 0.2) is 0 Å². The maximum Gasteiger partial charge on any atom is 0.241 e. The van der Waals surface area contributed by atoms with Crippen LogP contribution < -0.4 is 5.32 Å². The topological polar surface area (TPSA) is 32.3 Å². The Labute approximate surface area is 126 Å². The number of unbranched alkanes of at least 4 members (excludes halogenated alkanes) is 1. The summed E-state index contributed by atoms with van der Waals surface area (Å²) in [6.45, 7) is 6.18. The summed E-state index contributed by atoms with van der Waals surface area (Å²) >= 11 is 6.17. The van der Waals surface area contributed by atoms with Gasteiger partial charge in [-0.1, -0.05) is 37.1 Å². The molecule has 0 saturated carbocycles. The highest BCUT2D eigenvalue weighted by Crippen LogP contribution is 2.27. The molecule has 110 valence electrons. The first kappa shape index (κ1) is 15.3. The highest BCUT2D eigenvalue weighted by atomic mass is 35.5. The number of anilines is 1. The summed E-state index contributed by atoms with van der Waals surface area (Å²) < 4.78 is 0. The van der Waals surface area contributed by atoms with Gasteiger partial charge in [-0.05, 0) is 50.9 Å². The summed E-state index contributed by atoms with van der Waals surface area (Å²) in [4.78, 5) is 14.8. The number of aryl methyl sites for hydroxylation is 1. The second-order valence-electron chi connectivity index (χ2n) is 5.47. The van der Waals surface area contributed by atoms with Crippen molar-refractivity contribution in [2.45, 2.75) is 45.6 Å². The fourth-order valence-electron chi connectivity index (χ4n) is 2.75. The van der Waals surface area contributed by atoms with Crippen LogP contribution in [0, 0.1) is 6.92 Å². The molecule has 3 nitrogen and oxygen atoms in total. The lowest BCUT2D eigenvalue weighted by Crippen LogP contribution is -2.40. The summed E-state index contributed by atoms with van der Waals surface area (Å²) in [5.74, 6) is 0.0785. The molecule has 1 N–H and O–H groups in total. The highest BCUT2D eigenvalue weighted by Gasteiger charge is 2.30. The summed E-state index contributed by atoms with van der Waals surface area (Å²) in [6, 6.07) is 5.67. The third-order valence-corrected chi connectivity index (χ3v) is 4.25. The van der Waals surface area contributed by atoms with Gasteiger partial charge in [-0.15, -0.1) is 0 Å². The number of carbonyl (C=O) groups is 1. The van der Waals surface area contributed by atoms with Crippen LogP contribution >= 0.6 is 11.6 Å². The van der Waals surface area contributed by atoms with E-state index in [4.69, 9.17) is 11.6 Å². The zero-order valence-corrected chi connectivity index (χ0v) is 13.0. The van der Waals surface area contributed by atoms with E-state index >= 15 is 0 Å². The number of para-hydroxylation sites is 1.